The van der Waals surface area contributed by atoms with E-state index in [1.54, 1.807) is 0 Å². The second-order valence-corrected chi connectivity index (χ2v) is 6.14. The van der Waals surface area contributed by atoms with Crippen molar-refractivity contribution in [1.82, 2.24) is 5.32 Å². The zero-order valence-corrected chi connectivity index (χ0v) is 19.6. The van der Waals surface area contributed by atoms with Crippen molar-refractivity contribution in [3.05, 3.63) is 58.7 Å². The summed E-state index contributed by atoms with van der Waals surface area (Å²) in [5.41, 5.74) is 7.76. The van der Waals surface area contributed by atoms with Gasteiger partial charge in [0.2, 0.25) is 0 Å². The van der Waals surface area contributed by atoms with Crippen LogP contribution in [0.3, 0.4) is 0 Å². The van der Waals surface area contributed by atoms with Gasteiger partial charge in [0.25, 0.3) is 0 Å². The van der Waals surface area contributed by atoms with Gasteiger partial charge >= 0.3 is 21.1 Å². The minimum absolute atomic E-state index is 0. The Labute approximate surface area is 185 Å². The monoisotopic (exact) mass is 576 g/mol. The minimum atomic E-state index is 0. The van der Waals surface area contributed by atoms with Gasteiger partial charge in [0.1, 0.15) is 0 Å². The maximum absolute atomic E-state index is 3.53. The molecule has 0 amide bonds. The molecule has 0 bridgehead atoms. The maximum atomic E-state index is 3.53. The van der Waals surface area contributed by atoms with Crippen LogP contribution in [0.4, 0.5) is 11.4 Å². The molecule has 2 rings (SSSR count). The molecule has 0 spiro atoms. The van der Waals surface area contributed by atoms with Crippen LogP contribution in [-0.2, 0) is 21.1 Å². The van der Waals surface area contributed by atoms with Crippen LogP contribution in [0.25, 0.3) is 0 Å². The van der Waals surface area contributed by atoms with Gasteiger partial charge in [-0.25, -0.2) is 0 Å². The van der Waals surface area contributed by atoms with Crippen LogP contribution in [0.2, 0.25) is 0 Å². The predicted octanol–water partition coefficient (Wildman–Crippen LogP) is -1.96. The number of aryl methyl sites for hydroxylation is 4. The Kier molecular flexibility index (Phi) is 15.2. The van der Waals surface area contributed by atoms with E-state index in [1.807, 2.05) is 0 Å². The van der Waals surface area contributed by atoms with Gasteiger partial charge in [-0.1, -0.05) is 36.4 Å². The second-order valence-electron chi connectivity index (χ2n) is 6.14. The molecule has 2 aromatic carbocycles. The van der Waals surface area contributed by atoms with E-state index >= 15 is 0 Å². The van der Waals surface area contributed by atoms with Crippen molar-refractivity contribution in [3.8, 4) is 0 Å². The molecule has 0 heterocycles. The molecular formula is C20H29Cl2N3Pt. The first kappa shape index (κ1) is 27.5. The third kappa shape index (κ3) is 8.31. The number of anilines is 2. The van der Waals surface area contributed by atoms with Gasteiger partial charge in [-0.05, 0) is 49.9 Å². The Morgan fingerprint density at radius 2 is 0.885 bits per heavy atom. The SMILES string of the molecule is Cc1cccc(C)c1NCCNCCNc1c(C)cccc1C.[Cl-].[Cl-].[Pt+2]. The number of hydrogen-bond acceptors (Lipinski definition) is 3. The van der Waals surface area contributed by atoms with E-state index in [0.29, 0.717) is 0 Å². The number of benzene rings is 2. The summed E-state index contributed by atoms with van der Waals surface area (Å²) in [5, 5.41) is 10.5. The average Bonchev–Trinajstić information content (AvgIpc) is 2.51. The van der Waals surface area contributed by atoms with Crippen LogP contribution in [0.1, 0.15) is 22.3 Å². The van der Waals surface area contributed by atoms with Crippen molar-refractivity contribution in [1.29, 1.82) is 0 Å². The molecule has 0 aromatic heterocycles. The third-order valence-electron chi connectivity index (χ3n) is 4.17. The summed E-state index contributed by atoms with van der Waals surface area (Å²) in [4.78, 5) is 0. The Hall–Kier alpha value is -0.732. The van der Waals surface area contributed by atoms with Crippen LogP contribution >= 0.6 is 0 Å². The zero-order valence-electron chi connectivity index (χ0n) is 15.9. The van der Waals surface area contributed by atoms with E-state index in [-0.39, 0.29) is 45.9 Å². The minimum Gasteiger partial charge on any atom is -1.00 e. The largest absolute Gasteiger partial charge is 2.00 e. The van der Waals surface area contributed by atoms with Crippen molar-refractivity contribution in [2.24, 2.45) is 0 Å². The molecule has 2 aromatic rings. The maximum Gasteiger partial charge on any atom is 2.00 e. The Morgan fingerprint density at radius 3 is 1.19 bits per heavy atom. The van der Waals surface area contributed by atoms with E-state index in [1.165, 1.54) is 33.6 Å². The second kappa shape index (κ2) is 14.3. The van der Waals surface area contributed by atoms with Gasteiger partial charge in [-0.3, -0.25) is 0 Å². The van der Waals surface area contributed by atoms with Crippen molar-refractivity contribution in [2.45, 2.75) is 27.7 Å². The molecule has 0 aliphatic carbocycles. The van der Waals surface area contributed by atoms with Crippen LogP contribution < -0.4 is 40.8 Å². The Morgan fingerprint density at radius 1 is 0.577 bits per heavy atom. The summed E-state index contributed by atoms with van der Waals surface area (Å²) < 4.78 is 0. The molecule has 6 heteroatoms. The van der Waals surface area contributed by atoms with Gasteiger partial charge in [0, 0.05) is 37.6 Å². The quantitative estimate of drug-likeness (QED) is 0.320. The van der Waals surface area contributed by atoms with E-state index in [4.69, 9.17) is 0 Å². The summed E-state index contributed by atoms with van der Waals surface area (Å²) in [5.74, 6) is 0. The Bertz CT molecular complexity index is 555. The van der Waals surface area contributed by atoms with E-state index in [9.17, 15) is 0 Å². The number of para-hydroxylation sites is 2. The third-order valence-corrected chi connectivity index (χ3v) is 4.17. The molecule has 0 aliphatic heterocycles. The Balaban J connectivity index is 0. The molecule has 0 saturated carbocycles. The average molecular weight is 577 g/mol. The summed E-state index contributed by atoms with van der Waals surface area (Å²) in [6.07, 6.45) is 0. The van der Waals surface area contributed by atoms with Gasteiger partial charge in [-0.2, -0.15) is 0 Å². The van der Waals surface area contributed by atoms with Gasteiger partial charge < -0.3 is 40.8 Å². The van der Waals surface area contributed by atoms with Crippen molar-refractivity contribution in [2.75, 3.05) is 36.8 Å². The number of hydrogen-bond donors (Lipinski definition) is 3. The van der Waals surface area contributed by atoms with Gasteiger partial charge in [0.15, 0.2) is 0 Å². The summed E-state index contributed by atoms with van der Waals surface area (Å²) in [6, 6.07) is 12.8. The fourth-order valence-corrected chi connectivity index (χ4v) is 2.86. The van der Waals surface area contributed by atoms with Crippen molar-refractivity contribution in [3.63, 3.8) is 0 Å². The van der Waals surface area contributed by atoms with Crippen LogP contribution in [0, 0.1) is 27.7 Å². The van der Waals surface area contributed by atoms with E-state index in [0.717, 1.165) is 26.2 Å². The van der Waals surface area contributed by atoms with Gasteiger partial charge in [0.05, 0.1) is 0 Å². The van der Waals surface area contributed by atoms with Crippen molar-refractivity contribution >= 4 is 11.4 Å². The molecule has 0 saturated heterocycles. The fraction of sp³-hybridized carbons (Fsp3) is 0.400. The fourth-order valence-electron chi connectivity index (χ4n) is 2.86. The number of nitrogens with one attached hydrogen (secondary N) is 3. The topological polar surface area (TPSA) is 36.1 Å². The summed E-state index contributed by atoms with van der Waals surface area (Å²) >= 11 is 0. The molecule has 0 aliphatic rings. The standard InChI is InChI=1S/C20H29N3.2ClH.Pt/c1-15-7-5-8-16(2)19(15)22-13-11-21-12-14-23-20-17(3)9-6-10-18(20)4;;;/h5-10,21-23H,11-14H2,1-4H3;2*1H;/q;;;+2/p-2. The molecule has 0 unspecified atom stereocenters. The number of halogens is 2. The molecule has 148 valence electrons. The van der Waals surface area contributed by atoms with Crippen LogP contribution in [-0.4, -0.2) is 26.2 Å². The zero-order chi connectivity index (χ0) is 16.7. The molecular weight excluding hydrogens is 548 g/mol. The van der Waals surface area contributed by atoms with Crippen molar-refractivity contribution < 1.29 is 45.9 Å². The first-order chi connectivity index (χ1) is 11.1. The first-order valence-electron chi connectivity index (χ1n) is 8.40. The summed E-state index contributed by atoms with van der Waals surface area (Å²) in [7, 11) is 0. The molecule has 0 atom stereocenters. The number of rotatable bonds is 8. The molecule has 26 heavy (non-hydrogen) atoms. The first-order valence-corrected chi connectivity index (χ1v) is 8.40. The molecule has 0 fully saturated rings. The molecule has 3 nitrogen and oxygen atoms in total. The van der Waals surface area contributed by atoms with Gasteiger partial charge in [-0.15, -0.1) is 0 Å². The summed E-state index contributed by atoms with van der Waals surface area (Å²) in [6.45, 7) is 12.4. The van der Waals surface area contributed by atoms with E-state index in [2.05, 4.69) is 80.0 Å². The predicted molar refractivity (Wildman–Crippen MR) is 102 cm³/mol. The smallest absolute Gasteiger partial charge is 1.00 e. The molecule has 3 N–H and O–H groups in total. The molecule has 0 radical (unpaired) electrons. The van der Waals surface area contributed by atoms with E-state index < -0.39 is 0 Å². The van der Waals surface area contributed by atoms with Crippen LogP contribution in [0.5, 0.6) is 0 Å². The normalized spacial score (nSPS) is 9.38. The van der Waals surface area contributed by atoms with Crippen LogP contribution in [0.15, 0.2) is 36.4 Å².